The second kappa shape index (κ2) is 7.14. The van der Waals surface area contributed by atoms with Gasteiger partial charge in [-0.1, -0.05) is 29.8 Å². The lowest BCUT2D eigenvalue weighted by Crippen LogP contribution is -2.13. The van der Waals surface area contributed by atoms with Gasteiger partial charge in [-0.2, -0.15) is 5.10 Å². The molecule has 0 saturated carbocycles. The predicted molar refractivity (Wildman–Crippen MR) is 90.9 cm³/mol. The second-order valence-electron chi connectivity index (χ2n) is 5.49. The number of benzene rings is 2. The van der Waals surface area contributed by atoms with Gasteiger partial charge in [0.2, 0.25) is 0 Å². The Morgan fingerprint density at radius 3 is 2.38 bits per heavy atom. The number of ether oxygens (including phenoxy) is 2. The number of hydrogen-bond donors (Lipinski definition) is 2. The van der Waals surface area contributed by atoms with Gasteiger partial charge < -0.3 is 15.2 Å². The van der Waals surface area contributed by atoms with Crippen LogP contribution in [0.15, 0.2) is 48.5 Å². The minimum absolute atomic E-state index is 0.292. The van der Waals surface area contributed by atoms with Crippen molar-refractivity contribution >= 4 is 0 Å². The maximum Gasteiger partial charge on any atom is 0.172 e. The number of aryl methyl sites for hydroxylation is 1. The van der Waals surface area contributed by atoms with Crippen LogP contribution < -0.4 is 15.2 Å². The Hall–Kier alpha value is -2.86. The van der Waals surface area contributed by atoms with Crippen molar-refractivity contribution in [2.75, 3.05) is 7.11 Å². The zero-order chi connectivity index (χ0) is 16.9. The Morgan fingerprint density at radius 1 is 1.04 bits per heavy atom. The van der Waals surface area contributed by atoms with Crippen molar-refractivity contribution in [3.8, 4) is 11.5 Å². The molecule has 3 rings (SSSR count). The Morgan fingerprint density at radius 2 is 1.71 bits per heavy atom. The first kappa shape index (κ1) is 16.0. The average Bonchev–Trinajstić information content (AvgIpc) is 3.09. The van der Waals surface area contributed by atoms with Crippen LogP contribution in [0.3, 0.4) is 0 Å². The Bertz CT molecular complexity index is 782. The highest BCUT2D eigenvalue weighted by Gasteiger charge is 2.14. The van der Waals surface area contributed by atoms with E-state index in [2.05, 4.69) is 15.2 Å². The molecule has 0 spiro atoms. The predicted octanol–water partition coefficient (Wildman–Crippen LogP) is 2.75. The number of rotatable bonds is 6. The molecule has 1 atom stereocenters. The molecule has 3 aromatic rings. The number of H-pyrrole nitrogens is 1. The minimum Gasteiger partial charge on any atom is -0.497 e. The molecule has 1 heterocycles. The van der Waals surface area contributed by atoms with Crippen molar-refractivity contribution in [1.29, 1.82) is 0 Å². The number of hydrogen-bond acceptors (Lipinski definition) is 5. The molecule has 0 fully saturated rings. The molecule has 6 heteroatoms. The van der Waals surface area contributed by atoms with Gasteiger partial charge in [-0.3, -0.25) is 5.10 Å². The Kier molecular flexibility index (Phi) is 4.77. The van der Waals surface area contributed by atoms with Crippen LogP contribution in [0.5, 0.6) is 11.5 Å². The van der Waals surface area contributed by atoms with Crippen LogP contribution in [-0.2, 0) is 6.61 Å². The van der Waals surface area contributed by atoms with E-state index in [0.717, 1.165) is 17.1 Å². The number of nitrogens with zero attached hydrogens (tertiary/aromatic N) is 2. The minimum atomic E-state index is -0.364. The average molecular weight is 324 g/mol. The summed E-state index contributed by atoms with van der Waals surface area (Å²) in [5, 5.41) is 7.06. The van der Waals surface area contributed by atoms with Crippen LogP contribution in [0.1, 0.15) is 28.8 Å². The van der Waals surface area contributed by atoms with Crippen LogP contribution in [0.25, 0.3) is 0 Å². The van der Waals surface area contributed by atoms with E-state index in [1.807, 2.05) is 55.5 Å². The molecular weight excluding hydrogens is 304 g/mol. The third-order valence-corrected chi connectivity index (χ3v) is 3.70. The van der Waals surface area contributed by atoms with Crippen molar-refractivity contribution in [1.82, 2.24) is 15.2 Å². The summed E-state index contributed by atoms with van der Waals surface area (Å²) in [5.41, 5.74) is 8.38. The van der Waals surface area contributed by atoms with E-state index in [1.165, 1.54) is 5.56 Å². The van der Waals surface area contributed by atoms with Crippen molar-refractivity contribution in [2.24, 2.45) is 5.73 Å². The van der Waals surface area contributed by atoms with E-state index < -0.39 is 0 Å². The van der Waals surface area contributed by atoms with E-state index in [1.54, 1.807) is 7.11 Å². The van der Waals surface area contributed by atoms with Gasteiger partial charge in [0.05, 0.1) is 13.2 Å². The van der Waals surface area contributed by atoms with E-state index >= 15 is 0 Å². The molecule has 3 N–H and O–H groups in total. The summed E-state index contributed by atoms with van der Waals surface area (Å²) < 4.78 is 10.8. The zero-order valence-corrected chi connectivity index (χ0v) is 13.7. The molecule has 1 aromatic heterocycles. The van der Waals surface area contributed by atoms with Gasteiger partial charge >= 0.3 is 0 Å². The van der Waals surface area contributed by atoms with Gasteiger partial charge in [-0.25, -0.2) is 4.98 Å². The van der Waals surface area contributed by atoms with E-state index in [0.29, 0.717) is 18.3 Å². The fourth-order valence-electron chi connectivity index (χ4n) is 2.26. The highest BCUT2D eigenvalue weighted by Crippen LogP contribution is 2.19. The van der Waals surface area contributed by atoms with Crippen LogP contribution in [-0.4, -0.2) is 22.3 Å². The monoisotopic (exact) mass is 324 g/mol. The van der Waals surface area contributed by atoms with Gasteiger partial charge in [-0.05, 0) is 36.8 Å². The summed E-state index contributed by atoms with van der Waals surface area (Å²) >= 11 is 0. The lowest BCUT2D eigenvalue weighted by Gasteiger charge is -2.08. The van der Waals surface area contributed by atoms with E-state index in [9.17, 15) is 0 Å². The topological polar surface area (TPSA) is 86.1 Å². The largest absolute Gasteiger partial charge is 0.497 e. The summed E-state index contributed by atoms with van der Waals surface area (Å²) in [6.45, 7) is 2.33. The van der Waals surface area contributed by atoms with Crippen LogP contribution in [0.2, 0.25) is 0 Å². The maximum absolute atomic E-state index is 6.22. The highest BCUT2D eigenvalue weighted by atomic mass is 16.5. The fourth-order valence-corrected chi connectivity index (χ4v) is 2.26. The Balaban J connectivity index is 1.63. The molecule has 24 heavy (non-hydrogen) atoms. The first-order valence-electron chi connectivity index (χ1n) is 7.66. The Labute approximate surface area is 140 Å². The van der Waals surface area contributed by atoms with Gasteiger partial charge in [0.15, 0.2) is 11.6 Å². The smallest absolute Gasteiger partial charge is 0.172 e. The van der Waals surface area contributed by atoms with Gasteiger partial charge in [0, 0.05) is 0 Å². The van der Waals surface area contributed by atoms with E-state index in [-0.39, 0.29) is 6.04 Å². The number of nitrogens with two attached hydrogens (primary N) is 1. The molecular formula is C18H20N4O2. The molecule has 0 aliphatic carbocycles. The number of methoxy groups -OCH3 is 1. The quantitative estimate of drug-likeness (QED) is 0.728. The lowest BCUT2D eigenvalue weighted by atomic mass is 10.1. The molecule has 124 valence electrons. The maximum atomic E-state index is 6.22. The molecule has 2 aromatic carbocycles. The third-order valence-electron chi connectivity index (χ3n) is 3.70. The molecule has 0 aliphatic rings. The van der Waals surface area contributed by atoms with E-state index in [4.69, 9.17) is 15.2 Å². The molecule has 0 radical (unpaired) electrons. The summed E-state index contributed by atoms with van der Waals surface area (Å²) in [4.78, 5) is 4.42. The van der Waals surface area contributed by atoms with Crippen molar-refractivity contribution in [3.05, 3.63) is 71.3 Å². The summed E-state index contributed by atoms with van der Waals surface area (Å²) in [6, 6.07) is 15.0. The zero-order valence-electron chi connectivity index (χ0n) is 13.7. The molecule has 0 unspecified atom stereocenters. The third kappa shape index (κ3) is 3.72. The number of aromatic amines is 1. The standard InChI is InChI=1S/C18H20N4O2/c1-12-3-5-13(6-4-12)17(19)18-20-16(21-22-18)11-24-15-9-7-14(23-2)8-10-15/h3-10,17H,11,19H2,1-2H3,(H,20,21,22)/t17-/m1/s1. The van der Waals surface area contributed by atoms with Crippen LogP contribution in [0, 0.1) is 6.92 Å². The fraction of sp³-hybridized carbons (Fsp3) is 0.222. The first-order valence-corrected chi connectivity index (χ1v) is 7.66. The SMILES string of the molecule is COc1ccc(OCc2nc([C@H](N)c3ccc(C)cc3)n[nH]2)cc1. The normalized spacial score (nSPS) is 12.0. The van der Waals surface area contributed by atoms with Crippen LogP contribution >= 0.6 is 0 Å². The summed E-state index contributed by atoms with van der Waals surface area (Å²) in [7, 11) is 1.63. The van der Waals surface area contributed by atoms with Crippen molar-refractivity contribution in [3.63, 3.8) is 0 Å². The number of nitrogens with one attached hydrogen (secondary N) is 1. The van der Waals surface area contributed by atoms with Gasteiger partial charge in [0.25, 0.3) is 0 Å². The van der Waals surface area contributed by atoms with Crippen molar-refractivity contribution in [2.45, 2.75) is 19.6 Å². The number of aromatic nitrogens is 3. The second-order valence-corrected chi connectivity index (χ2v) is 5.49. The summed E-state index contributed by atoms with van der Waals surface area (Å²) in [6.07, 6.45) is 0. The molecule has 6 nitrogen and oxygen atoms in total. The molecule has 0 aliphatic heterocycles. The molecule has 0 amide bonds. The lowest BCUT2D eigenvalue weighted by molar-refractivity contribution is 0.295. The van der Waals surface area contributed by atoms with Gasteiger partial charge in [0.1, 0.15) is 18.1 Å². The molecule has 0 bridgehead atoms. The van der Waals surface area contributed by atoms with Crippen LogP contribution in [0.4, 0.5) is 0 Å². The van der Waals surface area contributed by atoms with Crippen molar-refractivity contribution < 1.29 is 9.47 Å². The molecule has 0 saturated heterocycles. The summed E-state index contributed by atoms with van der Waals surface area (Å²) in [5.74, 6) is 2.69. The first-order chi connectivity index (χ1) is 11.7. The van der Waals surface area contributed by atoms with Gasteiger partial charge in [-0.15, -0.1) is 0 Å². The highest BCUT2D eigenvalue weighted by molar-refractivity contribution is 5.31.